The molecule has 0 N–H and O–H groups in total. The summed E-state index contributed by atoms with van der Waals surface area (Å²) in [6.45, 7) is 3.38. The molecule has 0 aliphatic rings. The Bertz CT molecular complexity index is 126. The molecule has 0 aliphatic carbocycles. The number of methoxy groups -OCH3 is 2. The minimum absolute atomic E-state index is 0.293. The third kappa shape index (κ3) is 3.46. The maximum absolute atomic E-state index is 10.4. The lowest BCUT2D eigenvalue weighted by Gasteiger charge is -2.07. The van der Waals surface area contributed by atoms with Gasteiger partial charge in [-0.1, -0.05) is 6.58 Å². The van der Waals surface area contributed by atoms with Crippen LogP contribution < -0.4 is 5.11 Å². The van der Waals surface area contributed by atoms with Crippen molar-refractivity contribution < 1.29 is 14.6 Å². The van der Waals surface area contributed by atoms with Crippen molar-refractivity contribution in [1.29, 1.82) is 0 Å². The Morgan fingerprint density at radius 2 is 2.00 bits per heavy atom. The van der Waals surface area contributed by atoms with Gasteiger partial charge in [-0.25, -0.2) is 0 Å². The molecule has 0 saturated carbocycles. The van der Waals surface area contributed by atoms with Gasteiger partial charge in [0.15, 0.2) is 0 Å². The molecule has 0 heterocycles. The van der Waals surface area contributed by atoms with E-state index in [0.717, 1.165) is 0 Å². The zero-order chi connectivity index (χ0) is 7.28. The SMILES string of the molecule is C=C(/C=C(\[O-])OC)OC. The number of hydrogen-bond acceptors (Lipinski definition) is 3. The fourth-order valence-corrected chi connectivity index (χ4v) is 0.249. The molecular formula is C6H9O3-. The zero-order valence-corrected chi connectivity index (χ0v) is 5.51. The molecule has 0 aliphatic heterocycles. The van der Waals surface area contributed by atoms with Crippen molar-refractivity contribution in [2.45, 2.75) is 0 Å². The van der Waals surface area contributed by atoms with Crippen LogP contribution in [0, 0.1) is 0 Å². The number of allylic oxidation sites excluding steroid dienone is 1. The summed E-state index contributed by atoms with van der Waals surface area (Å²) in [4.78, 5) is 0. The molecule has 0 rings (SSSR count). The quantitative estimate of drug-likeness (QED) is 0.397. The van der Waals surface area contributed by atoms with Gasteiger partial charge in [0.2, 0.25) is 0 Å². The minimum atomic E-state index is -0.457. The molecule has 0 saturated heterocycles. The molecule has 0 spiro atoms. The zero-order valence-electron chi connectivity index (χ0n) is 5.51. The van der Waals surface area contributed by atoms with Crippen LogP contribution in [0.25, 0.3) is 0 Å². The van der Waals surface area contributed by atoms with E-state index < -0.39 is 5.95 Å². The van der Waals surface area contributed by atoms with Crippen molar-refractivity contribution in [2.24, 2.45) is 0 Å². The molecule has 0 bridgehead atoms. The van der Waals surface area contributed by atoms with Gasteiger partial charge < -0.3 is 14.6 Å². The highest BCUT2D eigenvalue weighted by atomic mass is 16.6. The number of rotatable bonds is 3. The van der Waals surface area contributed by atoms with Gasteiger partial charge in [-0.2, -0.15) is 0 Å². The predicted octanol–water partition coefficient (Wildman–Crippen LogP) is -0.00540. The third-order valence-electron chi connectivity index (χ3n) is 0.742. The summed E-state index contributed by atoms with van der Waals surface area (Å²) in [5, 5.41) is 10.4. The summed E-state index contributed by atoms with van der Waals surface area (Å²) in [5.74, 6) is -0.163. The first-order valence-electron chi connectivity index (χ1n) is 2.36. The molecule has 9 heavy (non-hydrogen) atoms. The molecule has 0 atom stereocenters. The van der Waals surface area contributed by atoms with Crippen LogP contribution in [0.1, 0.15) is 0 Å². The van der Waals surface area contributed by atoms with Crippen molar-refractivity contribution in [3.63, 3.8) is 0 Å². The van der Waals surface area contributed by atoms with Gasteiger partial charge in [-0.3, -0.25) is 0 Å². The third-order valence-corrected chi connectivity index (χ3v) is 0.742. The van der Waals surface area contributed by atoms with Crippen molar-refractivity contribution in [3.8, 4) is 0 Å². The van der Waals surface area contributed by atoms with Crippen LogP contribution in [-0.2, 0) is 9.47 Å². The topological polar surface area (TPSA) is 41.5 Å². The lowest BCUT2D eigenvalue weighted by atomic mass is 10.5. The van der Waals surface area contributed by atoms with E-state index in [9.17, 15) is 5.11 Å². The van der Waals surface area contributed by atoms with E-state index >= 15 is 0 Å². The van der Waals surface area contributed by atoms with Crippen molar-refractivity contribution in [2.75, 3.05) is 14.2 Å². The molecule has 0 aromatic rings. The predicted molar refractivity (Wildman–Crippen MR) is 31.2 cm³/mol. The van der Waals surface area contributed by atoms with Gasteiger partial charge in [0.25, 0.3) is 0 Å². The lowest BCUT2D eigenvalue weighted by Crippen LogP contribution is -2.05. The Balaban J connectivity index is 3.79. The summed E-state index contributed by atoms with van der Waals surface area (Å²) in [6.07, 6.45) is 1.17. The average Bonchev–Trinajstić information content (AvgIpc) is 1.87. The van der Waals surface area contributed by atoms with Crippen molar-refractivity contribution in [3.05, 3.63) is 24.4 Å². The molecule has 3 heteroatoms. The van der Waals surface area contributed by atoms with Crippen LogP contribution in [0.5, 0.6) is 0 Å². The Morgan fingerprint density at radius 3 is 2.33 bits per heavy atom. The molecule has 3 nitrogen and oxygen atoms in total. The van der Waals surface area contributed by atoms with E-state index in [1.165, 1.54) is 20.3 Å². The first-order valence-corrected chi connectivity index (χ1v) is 2.36. The van der Waals surface area contributed by atoms with E-state index in [2.05, 4.69) is 16.1 Å². The van der Waals surface area contributed by atoms with Gasteiger partial charge in [0.05, 0.1) is 13.1 Å². The van der Waals surface area contributed by atoms with E-state index in [4.69, 9.17) is 0 Å². The highest BCUT2D eigenvalue weighted by Gasteiger charge is 1.81. The lowest BCUT2D eigenvalue weighted by molar-refractivity contribution is -0.353. The summed E-state index contributed by atoms with van der Waals surface area (Å²) < 4.78 is 8.86. The summed E-state index contributed by atoms with van der Waals surface area (Å²) in [6, 6.07) is 0. The van der Waals surface area contributed by atoms with Crippen molar-refractivity contribution in [1.82, 2.24) is 0 Å². The molecule has 0 radical (unpaired) electrons. The van der Waals surface area contributed by atoms with Crippen LogP contribution in [0.3, 0.4) is 0 Å². The van der Waals surface area contributed by atoms with Crippen molar-refractivity contribution >= 4 is 0 Å². The van der Waals surface area contributed by atoms with E-state index in [-0.39, 0.29) is 0 Å². The van der Waals surface area contributed by atoms with Crippen LogP contribution in [0.15, 0.2) is 24.4 Å². The molecule has 0 amide bonds. The maximum atomic E-state index is 10.4. The highest BCUT2D eigenvalue weighted by Crippen LogP contribution is 1.94. The first-order chi connectivity index (χ1) is 4.20. The average molecular weight is 129 g/mol. The van der Waals surface area contributed by atoms with Gasteiger partial charge in [-0.05, 0) is 7.11 Å². The largest absolute Gasteiger partial charge is 0.616 e. The molecule has 0 fully saturated rings. The molecule has 0 aromatic heterocycles. The van der Waals surface area contributed by atoms with E-state index in [1.807, 2.05) is 0 Å². The fourth-order valence-electron chi connectivity index (χ4n) is 0.249. The second-order valence-electron chi connectivity index (χ2n) is 1.34. The fraction of sp³-hybridized carbons (Fsp3) is 0.333. The second kappa shape index (κ2) is 3.83. The highest BCUT2D eigenvalue weighted by molar-refractivity contribution is 5.06. The maximum Gasteiger partial charge on any atom is 0.113 e. The molecule has 0 aromatic carbocycles. The van der Waals surface area contributed by atoms with Gasteiger partial charge in [0, 0.05) is 6.08 Å². The Hall–Kier alpha value is -1.12. The normalized spacial score (nSPS) is 10.7. The Morgan fingerprint density at radius 1 is 1.44 bits per heavy atom. The monoisotopic (exact) mass is 129 g/mol. The Kier molecular flexibility index (Phi) is 3.35. The minimum Gasteiger partial charge on any atom is -0.616 e. The summed E-state index contributed by atoms with van der Waals surface area (Å²) in [7, 11) is 2.73. The van der Waals surface area contributed by atoms with Gasteiger partial charge in [-0.15, -0.1) is 0 Å². The smallest absolute Gasteiger partial charge is 0.113 e. The van der Waals surface area contributed by atoms with Crippen LogP contribution in [0.2, 0.25) is 0 Å². The Labute approximate surface area is 54.2 Å². The van der Waals surface area contributed by atoms with Crippen LogP contribution >= 0.6 is 0 Å². The number of hydrogen-bond donors (Lipinski definition) is 0. The summed E-state index contributed by atoms with van der Waals surface area (Å²) >= 11 is 0. The van der Waals surface area contributed by atoms with Gasteiger partial charge in [0.1, 0.15) is 5.76 Å². The first kappa shape index (κ1) is 7.88. The van der Waals surface area contributed by atoms with E-state index in [1.54, 1.807) is 0 Å². The van der Waals surface area contributed by atoms with E-state index in [0.29, 0.717) is 5.76 Å². The second-order valence-corrected chi connectivity index (χ2v) is 1.34. The molecule has 0 unspecified atom stereocenters. The molecular weight excluding hydrogens is 120 g/mol. The number of ether oxygens (including phenoxy) is 2. The summed E-state index contributed by atoms with van der Waals surface area (Å²) in [5.41, 5.74) is 0. The van der Waals surface area contributed by atoms with Crippen LogP contribution in [0.4, 0.5) is 0 Å². The molecule has 52 valence electrons. The van der Waals surface area contributed by atoms with Crippen LogP contribution in [-0.4, -0.2) is 14.2 Å². The van der Waals surface area contributed by atoms with Gasteiger partial charge >= 0.3 is 0 Å². The standard InChI is InChI=1S/C6H10O3/c1-5(8-2)4-6(7)9-3/h4,7H,1H2,2-3H3/p-1/b6-4+.